The van der Waals surface area contributed by atoms with Gasteiger partial charge in [0.15, 0.2) is 0 Å². The minimum atomic E-state index is -0.469. The van der Waals surface area contributed by atoms with Crippen LogP contribution in [0.15, 0.2) is 18.2 Å². The monoisotopic (exact) mass is 282 g/mol. The quantitative estimate of drug-likeness (QED) is 0.809. The van der Waals surface area contributed by atoms with Gasteiger partial charge < -0.3 is 15.4 Å². The van der Waals surface area contributed by atoms with E-state index in [2.05, 4.69) is 15.4 Å². The minimum Gasteiger partial charge on any atom is -0.465 e. The van der Waals surface area contributed by atoms with Gasteiger partial charge in [0.2, 0.25) is 5.91 Å². The summed E-state index contributed by atoms with van der Waals surface area (Å²) < 4.78 is 4.62. The Balaban J connectivity index is 2.00. The van der Waals surface area contributed by atoms with Crippen molar-refractivity contribution in [1.29, 1.82) is 0 Å². The van der Waals surface area contributed by atoms with Crippen molar-refractivity contribution in [1.82, 2.24) is 5.32 Å². The summed E-state index contributed by atoms with van der Waals surface area (Å²) in [5.74, 6) is -0.654. The van der Waals surface area contributed by atoms with E-state index < -0.39 is 5.97 Å². The first-order valence-corrected chi connectivity index (χ1v) is 6.39. The number of anilines is 1. The molecule has 19 heavy (non-hydrogen) atoms. The molecule has 1 saturated carbocycles. The van der Waals surface area contributed by atoms with Crippen LogP contribution >= 0.6 is 11.6 Å². The number of carbonyl (C=O) groups is 2. The maximum absolute atomic E-state index is 11.7. The van der Waals surface area contributed by atoms with E-state index >= 15 is 0 Å². The van der Waals surface area contributed by atoms with Crippen LogP contribution in [0.4, 0.5) is 5.69 Å². The summed E-state index contributed by atoms with van der Waals surface area (Å²) in [7, 11) is 1.30. The Morgan fingerprint density at radius 2 is 2.16 bits per heavy atom. The number of methoxy groups -OCH3 is 1. The highest BCUT2D eigenvalue weighted by molar-refractivity contribution is 6.33. The summed E-state index contributed by atoms with van der Waals surface area (Å²) in [5.41, 5.74) is 0.754. The topological polar surface area (TPSA) is 67.4 Å². The molecule has 0 aliphatic heterocycles. The van der Waals surface area contributed by atoms with Crippen molar-refractivity contribution in [2.24, 2.45) is 0 Å². The number of benzene rings is 1. The number of nitrogens with one attached hydrogen (secondary N) is 2. The highest BCUT2D eigenvalue weighted by Gasteiger charge is 2.21. The standard InChI is InChI=1S/C13H15ClN2O3/c1-19-13(18)8-2-5-10(14)11(6-8)16-12(17)7-15-9-3-4-9/h2,5-6,9,15H,3-4,7H2,1H3,(H,16,17). The van der Waals surface area contributed by atoms with Crippen molar-refractivity contribution in [3.05, 3.63) is 28.8 Å². The molecule has 0 bridgehead atoms. The van der Waals surface area contributed by atoms with E-state index in [1.54, 1.807) is 12.1 Å². The van der Waals surface area contributed by atoms with E-state index in [0.29, 0.717) is 22.3 Å². The molecule has 1 aromatic rings. The Labute approximate surface area is 116 Å². The van der Waals surface area contributed by atoms with Crippen LogP contribution in [-0.4, -0.2) is 31.6 Å². The van der Waals surface area contributed by atoms with Gasteiger partial charge in [-0.3, -0.25) is 4.79 Å². The van der Waals surface area contributed by atoms with Crippen LogP contribution in [0.1, 0.15) is 23.2 Å². The second-order valence-corrected chi connectivity index (χ2v) is 4.80. The van der Waals surface area contributed by atoms with Crippen LogP contribution in [0.25, 0.3) is 0 Å². The van der Waals surface area contributed by atoms with E-state index in [9.17, 15) is 9.59 Å². The zero-order chi connectivity index (χ0) is 13.8. The number of esters is 1. The van der Waals surface area contributed by atoms with Gasteiger partial charge in [-0.25, -0.2) is 4.79 Å². The molecule has 0 radical (unpaired) electrons. The molecule has 102 valence electrons. The smallest absolute Gasteiger partial charge is 0.337 e. The molecule has 0 heterocycles. The molecule has 5 nitrogen and oxygen atoms in total. The lowest BCUT2D eigenvalue weighted by molar-refractivity contribution is -0.115. The first kappa shape index (κ1) is 13.8. The number of hydrogen-bond acceptors (Lipinski definition) is 4. The van der Waals surface area contributed by atoms with Crippen LogP contribution in [0.3, 0.4) is 0 Å². The maximum atomic E-state index is 11.7. The van der Waals surface area contributed by atoms with Crippen molar-refractivity contribution >= 4 is 29.2 Å². The van der Waals surface area contributed by atoms with E-state index in [1.807, 2.05) is 0 Å². The second kappa shape index (κ2) is 6.04. The molecule has 1 fully saturated rings. The Morgan fingerprint density at radius 3 is 2.79 bits per heavy atom. The van der Waals surface area contributed by atoms with Crippen LogP contribution in [0.5, 0.6) is 0 Å². The van der Waals surface area contributed by atoms with Crippen molar-refractivity contribution < 1.29 is 14.3 Å². The molecule has 0 aromatic heterocycles. The summed E-state index contributed by atoms with van der Waals surface area (Å²) in [4.78, 5) is 23.1. The van der Waals surface area contributed by atoms with Gasteiger partial charge in [0.05, 0.1) is 29.9 Å². The van der Waals surface area contributed by atoms with Gasteiger partial charge in [0.1, 0.15) is 0 Å². The third-order valence-corrected chi connectivity index (χ3v) is 3.12. The maximum Gasteiger partial charge on any atom is 0.337 e. The van der Waals surface area contributed by atoms with E-state index in [0.717, 1.165) is 12.8 Å². The summed E-state index contributed by atoms with van der Waals surface area (Å²) in [6.07, 6.45) is 2.23. The van der Waals surface area contributed by atoms with Gasteiger partial charge >= 0.3 is 5.97 Å². The van der Waals surface area contributed by atoms with E-state index in [-0.39, 0.29) is 12.5 Å². The van der Waals surface area contributed by atoms with Crippen LogP contribution in [0.2, 0.25) is 5.02 Å². The molecule has 1 aliphatic rings. The van der Waals surface area contributed by atoms with Gasteiger partial charge in [-0.05, 0) is 31.0 Å². The highest BCUT2D eigenvalue weighted by atomic mass is 35.5. The largest absolute Gasteiger partial charge is 0.465 e. The van der Waals surface area contributed by atoms with Crippen molar-refractivity contribution in [2.75, 3.05) is 19.0 Å². The lowest BCUT2D eigenvalue weighted by Gasteiger charge is -2.09. The number of carbonyl (C=O) groups excluding carboxylic acids is 2. The molecule has 0 unspecified atom stereocenters. The molecular weight excluding hydrogens is 268 g/mol. The molecule has 1 aliphatic carbocycles. The van der Waals surface area contributed by atoms with Gasteiger partial charge in [-0.1, -0.05) is 11.6 Å². The Morgan fingerprint density at radius 1 is 1.42 bits per heavy atom. The minimum absolute atomic E-state index is 0.184. The van der Waals surface area contributed by atoms with Crippen molar-refractivity contribution in [3.8, 4) is 0 Å². The van der Waals surface area contributed by atoms with Crippen molar-refractivity contribution in [3.63, 3.8) is 0 Å². The predicted molar refractivity (Wildman–Crippen MR) is 72.4 cm³/mol. The zero-order valence-electron chi connectivity index (χ0n) is 10.5. The lowest BCUT2D eigenvalue weighted by atomic mass is 10.2. The summed E-state index contributed by atoms with van der Waals surface area (Å²) in [5, 5.41) is 6.15. The SMILES string of the molecule is COC(=O)c1ccc(Cl)c(NC(=O)CNC2CC2)c1. The van der Waals surface area contributed by atoms with E-state index in [1.165, 1.54) is 13.2 Å². The molecule has 0 atom stereocenters. The normalized spacial score (nSPS) is 14.0. The van der Waals surface area contributed by atoms with Crippen LogP contribution in [0, 0.1) is 0 Å². The Kier molecular flexibility index (Phi) is 4.39. The Bertz CT molecular complexity index is 501. The molecule has 1 aromatic carbocycles. The molecule has 0 saturated heterocycles. The molecule has 2 rings (SSSR count). The molecule has 0 spiro atoms. The highest BCUT2D eigenvalue weighted by Crippen LogP contribution is 2.23. The summed E-state index contributed by atoms with van der Waals surface area (Å²) in [6.45, 7) is 0.240. The first-order valence-electron chi connectivity index (χ1n) is 6.01. The lowest BCUT2D eigenvalue weighted by Crippen LogP contribution is -2.29. The van der Waals surface area contributed by atoms with E-state index in [4.69, 9.17) is 11.6 Å². The third kappa shape index (κ3) is 3.94. The zero-order valence-corrected chi connectivity index (χ0v) is 11.3. The molecule has 2 N–H and O–H groups in total. The van der Waals surface area contributed by atoms with Gasteiger partial charge in [-0.15, -0.1) is 0 Å². The van der Waals surface area contributed by atoms with Gasteiger partial charge in [-0.2, -0.15) is 0 Å². The average Bonchev–Trinajstić information content (AvgIpc) is 3.22. The summed E-state index contributed by atoms with van der Waals surface area (Å²) >= 11 is 5.98. The predicted octanol–water partition coefficient (Wildman–Crippen LogP) is 1.82. The fourth-order valence-corrected chi connectivity index (χ4v) is 1.75. The molecular formula is C13H15ClN2O3. The Hall–Kier alpha value is -1.59. The molecule has 6 heteroatoms. The number of hydrogen-bond donors (Lipinski definition) is 2. The van der Waals surface area contributed by atoms with Crippen LogP contribution in [-0.2, 0) is 9.53 Å². The second-order valence-electron chi connectivity index (χ2n) is 4.39. The van der Waals surface area contributed by atoms with Gasteiger partial charge in [0.25, 0.3) is 0 Å². The number of halogens is 1. The third-order valence-electron chi connectivity index (χ3n) is 2.79. The van der Waals surface area contributed by atoms with Crippen molar-refractivity contribution in [2.45, 2.75) is 18.9 Å². The molecule has 1 amide bonds. The fraction of sp³-hybridized carbons (Fsp3) is 0.385. The van der Waals surface area contributed by atoms with Crippen LogP contribution < -0.4 is 10.6 Å². The summed E-state index contributed by atoms with van der Waals surface area (Å²) in [6, 6.07) is 5.07. The number of rotatable bonds is 5. The fourth-order valence-electron chi connectivity index (χ4n) is 1.58. The number of amides is 1. The van der Waals surface area contributed by atoms with Gasteiger partial charge in [0, 0.05) is 6.04 Å². The average molecular weight is 283 g/mol. The first-order chi connectivity index (χ1) is 9.10. The number of ether oxygens (including phenoxy) is 1.